The van der Waals surface area contributed by atoms with Crippen molar-refractivity contribution in [1.82, 2.24) is 15.2 Å². The van der Waals surface area contributed by atoms with Gasteiger partial charge in [0.1, 0.15) is 17.4 Å². The first-order valence-electron chi connectivity index (χ1n) is 12.6. The number of aliphatic carboxylic acids is 1. The van der Waals surface area contributed by atoms with Crippen molar-refractivity contribution in [3.8, 4) is 11.1 Å². The lowest BCUT2D eigenvalue weighted by atomic mass is 9.91. The highest BCUT2D eigenvalue weighted by Crippen LogP contribution is 2.33. The number of hydrogen-bond donors (Lipinski definition) is 3. The Morgan fingerprint density at radius 3 is 2.27 bits per heavy atom. The quantitative estimate of drug-likeness (QED) is 0.343. The van der Waals surface area contributed by atoms with E-state index in [9.17, 15) is 33.1 Å². The third kappa shape index (κ3) is 6.77. The molecule has 3 rings (SSSR count). The SMILES string of the molecule is CCC[C@H](NC(=O)c1cccn(C)c1=O)C(=O)N[C@@H](CC(=O)O)c1cc(-c2c(C)cc(F)cc2C)cc(F)c1F. The smallest absolute Gasteiger partial charge is 0.305 e. The van der Waals surface area contributed by atoms with Gasteiger partial charge in [-0.15, -0.1) is 0 Å². The minimum absolute atomic E-state index is 0.120. The number of carbonyl (C=O) groups excluding carboxylic acids is 2. The average molecular weight is 558 g/mol. The summed E-state index contributed by atoms with van der Waals surface area (Å²) in [4.78, 5) is 50.0. The van der Waals surface area contributed by atoms with Crippen molar-refractivity contribution in [3.05, 3.63) is 92.7 Å². The van der Waals surface area contributed by atoms with Gasteiger partial charge in [0.15, 0.2) is 11.6 Å². The second-order valence-corrected chi connectivity index (χ2v) is 9.59. The van der Waals surface area contributed by atoms with E-state index in [1.807, 2.05) is 0 Å². The van der Waals surface area contributed by atoms with Crippen LogP contribution in [0, 0.1) is 31.3 Å². The summed E-state index contributed by atoms with van der Waals surface area (Å²) in [6.07, 6.45) is 1.22. The molecule has 2 aromatic carbocycles. The lowest BCUT2D eigenvalue weighted by molar-refractivity contribution is -0.137. The second-order valence-electron chi connectivity index (χ2n) is 9.59. The zero-order valence-corrected chi connectivity index (χ0v) is 22.5. The van der Waals surface area contributed by atoms with Gasteiger partial charge < -0.3 is 20.3 Å². The lowest BCUT2D eigenvalue weighted by Crippen LogP contribution is -2.49. The Bertz CT molecular complexity index is 1500. The summed E-state index contributed by atoms with van der Waals surface area (Å²) in [5.41, 5.74) is 0.297. The molecule has 1 aromatic heterocycles. The van der Waals surface area contributed by atoms with Gasteiger partial charge in [0.05, 0.1) is 12.5 Å². The number of amides is 2. The molecule has 0 bridgehead atoms. The summed E-state index contributed by atoms with van der Waals surface area (Å²) in [6, 6.07) is 4.69. The molecule has 0 radical (unpaired) electrons. The van der Waals surface area contributed by atoms with Gasteiger partial charge in [0.25, 0.3) is 11.5 Å². The third-order valence-corrected chi connectivity index (χ3v) is 6.48. The number of nitrogens with zero attached hydrogens (tertiary/aromatic N) is 1. The van der Waals surface area contributed by atoms with Crippen LogP contribution in [-0.4, -0.2) is 33.5 Å². The second kappa shape index (κ2) is 12.6. The molecule has 8 nitrogen and oxygen atoms in total. The van der Waals surface area contributed by atoms with E-state index < -0.39 is 64.9 Å². The number of pyridine rings is 1. The molecule has 0 aliphatic carbocycles. The highest BCUT2D eigenvalue weighted by molar-refractivity contribution is 5.97. The van der Waals surface area contributed by atoms with E-state index in [1.54, 1.807) is 20.8 Å². The highest BCUT2D eigenvalue weighted by Gasteiger charge is 2.29. The fourth-order valence-electron chi connectivity index (χ4n) is 4.62. The highest BCUT2D eigenvalue weighted by atomic mass is 19.2. The first kappa shape index (κ1) is 30.1. The molecule has 11 heteroatoms. The van der Waals surface area contributed by atoms with Crippen molar-refractivity contribution in [2.24, 2.45) is 7.05 Å². The minimum Gasteiger partial charge on any atom is -0.481 e. The van der Waals surface area contributed by atoms with Gasteiger partial charge in [-0.2, -0.15) is 0 Å². The fourth-order valence-corrected chi connectivity index (χ4v) is 4.62. The third-order valence-electron chi connectivity index (χ3n) is 6.48. The van der Waals surface area contributed by atoms with Gasteiger partial charge >= 0.3 is 5.97 Å². The van der Waals surface area contributed by atoms with Crippen LogP contribution in [0.25, 0.3) is 11.1 Å². The van der Waals surface area contributed by atoms with E-state index in [0.717, 1.165) is 6.07 Å². The van der Waals surface area contributed by atoms with Gasteiger partial charge in [-0.1, -0.05) is 13.3 Å². The van der Waals surface area contributed by atoms with Gasteiger partial charge in [-0.05, 0) is 78.9 Å². The zero-order chi connectivity index (χ0) is 29.7. The topological polar surface area (TPSA) is 118 Å². The number of aryl methyl sites for hydroxylation is 3. The predicted molar refractivity (Wildman–Crippen MR) is 142 cm³/mol. The first-order chi connectivity index (χ1) is 18.8. The monoisotopic (exact) mass is 557 g/mol. The van der Waals surface area contributed by atoms with Crippen LogP contribution >= 0.6 is 0 Å². The lowest BCUT2D eigenvalue weighted by Gasteiger charge is -2.24. The maximum absolute atomic E-state index is 15.1. The standard InChI is InChI=1S/C29H30F3N3O5/c1-5-7-22(33-27(38)19-8-6-9-35(4)29(19)40)28(39)34-23(14-24(36)37)20-12-17(13-21(31)26(20)32)25-15(2)10-18(30)11-16(25)3/h6,8-13,22-23H,5,7,14H2,1-4H3,(H,33,38)(H,34,39)(H,36,37)/t22-,23-/m0/s1. The molecule has 0 fully saturated rings. The molecule has 0 aliphatic heterocycles. The zero-order valence-electron chi connectivity index (χ0n) is 22.5. The number of carboxylic acids is 1. The van der Waals surface area contributed by atoms with Gasteiger partial charge in [0.2, 0.25) is 5.91 Å². The molecular weight excluding hydrogens is 527 g/mol. The van der Waals surface area contributed by atoms with Gasteiger partial charge in [0, 0.05) is 18.8 Å². The molecule has 1 heterocycles. The van der Waals surface area contributed by atoms with Crippen LogP contribution in [-0.2, 0) is 16.6 Å². The fraction of sp³-hybridized carbons (Fsp3) is 0.310. The number of nitrogens with one attached hydrogen (secondary N) is 2. The molecule has 40 heavy (non-hydrogen) atoms. The van der Waals surface area contributed by atoms with Crippen LogP contribution in [0.5, 0.6) is 0 Å². The van der Waals surface area contributed by atoms with Crippen LogP contribution in [0.15, 0.2) is 47.4 Å². The molecule has 212 valence electrons. The number of benzene rings is 2. The summed E-state index contributed by atoms with van der Waals surface area (Å²) < 4.78 is 44.9. The molecule has 3 aromatic rings. The van der Waals surface area contributed by atoms with Crippen LogP contribution in [0.4, 0.5) is 13.2 Å². The number of aromatic nitrogens is 1. The van der Waals surface area contributed by atoms with E-state index in [-0.39, 0.29) is 17.5 Å². The van der Waals surface area contributed by atoms with Crippen LogP contribution in [0.2, 0.25) is 0 Å². The van der Waals surface area contributed by atoms with E-state index in [0.29, 0.717) is 23.1 Å². The van der Waals surface area contributed by atoms with E-state index in [2.05, 4.69) is 10.6 Å². The Labute approximate surface area is 228 Å². The Balaban J connectivity index is 1.99. The summed E-state index contributed by atoms with van der Waals surface area (Å²) in [7, 11) is 1.46. The number of carboxylic acid groups (broad SMARTS) is 1. The molecule has 0 saturated carbocycles. The van der Waals surface area contributed by atoms with E-state index in [4.69, 9.17) is 0 Å². The van der Waals surface area contributed by atoms with Gasteiger partial charge in [-0.25, -0.2) is 13.2 Å². The maximum Gasteiger partial charge on any atom is 0.305 e. The molecule has 0 aliphatic rings. The van der Waals surface area contributed by atoms with Crippen molar-refractivity contribution < 1.29 is 32.7 Å². The normalized spacial score (nSPS) is 12.5. The number of halogens is 3. The maximum atomic E-state index is 15.1. The van der Waals surface area contributed by atoms with Crippen molar-refractivity contribution >= 4 is 17.8 Å². The molecule has 2 amide bonds. The first-order valence-corrected chi connectivity index (χ1v) is 12.6. The summed E-state index contributed by atoms with van der Waals surface area (Å²) in [5.74, 6) is -6.18. The van der Waals surface area contributed by atoms with Crippen molar-refractivity contribution in [1.29, 1.82) is 0 Å². The van der Waals surface area contributed by atoms with Crippen LogP contribution in [0.3, 0.4) is 0 Å². The number of hydrogen-bond acceptors (Lipinski definition) is 4. The summed E-state index contributed by atoms with van der Waals surface area (Å²) >= 11 is 0. The molecular formula is C29H30F3N3O5. The van der Waals surface area contributed by atoms with E-state index >= 15 is 4.39 Å². The Kier molecular flexibility index (Phi) is 9.51. The van der Waals surface area contributed by atoms with Crippen LogP contribution in [0.1, 0.15) is 59.3 Å². The minimum atomic E-state index is -1.51. The van der Waals surface area contributed by atoms with Crippen molar-refractivity contribution in [3.63, 3.8) is 0 Å². The number of rotatable bonds is 10. The number of carbonyl (C=O) groups is 3. The van der Waals surface area contributed by atoms with Gasteiger partial charge in [-0.3, -0.25) is 19.2 Å². The molecule has 0 spiro atoms. The predicted octanol–water partition coefficient (Wildman–Crippen LogP) is 4.32. The van der Waals surface area contributed by atoms with Crippen LogP contribution < -0.4 is 16.2 Å². The largest absolute Gasteiger partial charge is 0.481 e. The average Bonchev–Trinajstić information content (AvgIpc) is 2.86. The molecule has 2 atom stereocenters. The molecule has 0 unspecified atom stereocenters. The van der Waals surface area contributed by atoms with E-state index in [1.165, 1.54) is 48.1 Å². The summed E-state index contributed by atoms with van der Waals surface area (Å²) in [5, 5.41) is 14.4. The molecule has 0 saturated heterocycles. The van der Waals surface area contributed by atoms with Crippen molar-refractivity contribution in [2.75, 3.05) is 0 Å². The Morgan fingerprint density at radius 2 is 1.68 bits per heavy atom. The van der Waals surface area contributed by atoms with Crippen molar-refractivity contribution in [2.45, 2.75) is 52.1 Å². The molecule has 3 N–H and O–H groups in total. The Hall–Kier alpha value is -4.41. The summed E-state index contributed by atoms with van der Waals surface area (Å²) in [6.45, 7) is 4.94. The Morgan fingerprint density at radius 1 is 1.02 bits per heavy atom.